The molecule has 1 aliphatic heterocycles. The van der Waals surface area contributed by atoms with Crippen LogP contribution >= 0.6 is 11.6 Å². The number of hydrogen-bond donors (Lipinski definition) is 0. The van der Waals surface area contributed by atoms with Crippen molar-refractivity contribution in [2.75, 3.05) is 12.9 Å². The number of carbonyl (C=O) groups excluding carboxylic acids is 1. The summed E-state index contributed by atoms with van der Waals surface area (Å²) in [6.07, 6.45) is 0.725. The highest BCUT2D eigenvalue weighted by atomic mass is 35.5. The Balaban J connectivity index is 2.06. The third-order valence-electron chi connectivity index (χ3n) is 4.39. The molecule has 2 aromatic rings. The summed E-state index contributed by atoms with van der Waals surface area (Å²) in [4.78, 5) is 11.8. The number of benzene rings is 2. The number of esters is 1. The molecule has 160 valence electrons. The Morgan fingerprint density at radius 1 is 1.20 bits per heavy atom. The lowest BCUT2D eigenvalue weighted by molar-refractivity contribution is -0.142. The summed E-state index contributed by atoms with van der Waals surface area (Å²) < 4.78 is 76.1. The number of rotatable bonds is 6. The maximum atomic E-state index is 14.3. The van der Waals surface area contributed by atoms with E-state index >= 15 is 0 Å². The van der Waals surface area contributed by atoms with Crippen LogP contribution in [0, 0.1) is 6.92 Å². The Morgan fingerprint density at radius 2 is 1.83 bits per heavy atom. The summed E-state index contributed by atoms with van der Waals surface area (Å²) in [7, 11) is -3.84. The van der Waals surface area contributed by atoms with Crippen LogP contribution in [-0.4, -0.2) is 27.3 Å². The molecule has 0 saturated heterocycles. The van der Waals surface area contributed by atoms with Gasteiger partial charge in [0.1, 0.15) is 5.75 Å². The summed E-state index contributed by atoms with van der Waals surface area (Å²) >= 11 is 5.79. The fourth-order valence-electron chi connectivity index (χ4n) is 3.01. The highest BCUT2D eigenvalue weighted by molar-refractivity contribution is 7.90. The number of ether oxygens (including phenoxy) is 2. The Labute approximate surface area is 176 Å². The van der Waals surface area contributed by atoms with Gasteiger partial charge in [-0.15, -0.1) is 0 Å². The van der Waals surface area contributed by atoms with Crippen molar-refractivity contribution in [3.05, 3.63) is 69.9 Å². The van der Waals surface area contributed by atoms with Gasteiger partial charge < -0.3 is 9.47 Å². The zero-order chi connectivity index (χ0) is 22.3. The van der Waals surface area contributed by atoms with Gasteiger partial charge in [-0.3, -0.25) is 0 Å². The van der Waals surface area contributed by atoms with Gasteiger partial charge in [-0.1, -0.05) is 17.7 Å². The van der Waals surface area contributed by atoms with Crippen molar-refractivity contribution in [2.45, 2.75) is 23.8 Å². The van der Waals surface area contributed by atoms with Gasteiger partial charge in [0.2, 0.25) is 5.76 Å². The Hall–Kier alpha value is -2.52. The summed E-state index contributed by atoms with van der Waals surface area (Å²) in [6.45, 7) is -0.645. The predicted molar refractivity (Wildman–Crippen MR) is 103 cm³/mol. The first-order valence-electron chi connectivity index (χ1n) is 8.57. The van der Waals surface area contributed by atoms with Gasteiger partial charge in [0.15, 0.2) is 22.6 Å². The number of aryl methyl sites for hydroxylation is 1. The van der Waals surface area contributed by atoms with Gasteiger partial charge in [0, 0.05) is 28.5 Å². The molecule has 30 heavy (non-hydrogen) atoms. The zero-order valence-electron chi connectivity index (χ0n) is 15.8. The Bertz CT molecular complexity index is 1130. The van der Waals surface area contributed by atoms with Crippen molar-refractivity contribution in [1.82, 2.24) is 0 Å². The third kappa shape index (κ3) is 4.46. The zero-order valence-corrected chi connectivity index (χ0v) is 17.4. The quantitative estimate of drug-likeness (QED) is 0.586. The molecule has 1 heterocycles. The number of cyclic esters (lactones) is 1. The molecule has 0 spiro atoms. The molecule has 0 aromatic heterocycles. The van der Waals surface area contributed by atoms with Crippen LogP contribution in [0.5, 0.6) is 5.75 Å². The second-order valence-corrected chi connectivity index (χ2v) is 9.15. The third-order valence-corrected chi connectivity index (χ3v) is 5.89. The minimum Gasteiger partial charge on any atom is -0.450 e. The smallest absolute Gasteiger partial charge is 0.375 e. The van der Waals surface area contributed by atoms with Crippen LogP contribution in [0.4, 0.5) is 13.2 Å². The molecule has 0 fully saturated rings. The van der Waals surface area contributed by atoms with E-state index in [4.69, 9.17) is 21.1 Å². The lowest BCUT2D eigenvalue weighted by Gasteiger charge is -2.21. The fraction of sp³-hybridized carbons (Fsp3) is 0.250. The molecule has 0 saturated carbocycles. The molecule has 0 bridgehead atoms. The van der Waals surface area contributed by atoms with Crippen molar-refractivity contribution in [2.24, 2.45) is 0 Å². The van der Waals surface area contributed by atoms with Crippen molar-refractivity contribution in [3.8, 4) is 5.75 Å². The van der Waals surface area contributed by atoms with E-state index in [1.54, 1.807) is 0 Å². The van der Waals surface area contributed by atoms with E-state index in [0.717, 1.165) is 18.4 Å². The van der Waals surface area contributed by atoms with Gasteiger partial charge >= 0.3 is 11.9 Å². The molecule has 2 aromatic carbocycles. The van der Waals surface area contributed by atoms with Crippen LogP contribution in [0.1, 0.15) is 22.8 Å². The lowest BCUT2D eigenvalue weighted by Crippen LogP contribution is -2.21. The molecule has 0 radical (unpaired) electrons. The van der Waals surface area contributed by atoms with E-state index in [1.807, 2.05) is 0 Å². The first-order chi connectivity index (χ1) is 13.9. The first-order valence-corrected chi connectivity index (χ1v) is 10.8. The molecule has 10 heteroatoms. The molecule has 0 amide bonds. The summed E-state index contributed by atoms with van der Waals surface area (Å²) in [5.74, 6) is -4.88. The maximum Gasteiger partial charge on any atom is 0.375 e. The number of halogens is 4. The Kier molecular flexibility index (Phi) is 5.88. The van der Waals surface area contributed by atoms with Crippen LogP contribution in [0.25, 0.3) is 0 Å². The lowest BCUT2D eigenvalue weighted by atomic mass is 9.95. The van der Waals surface area contributed by atoms with Crippen LogP contribution in [-0.2, 0) is 25.3 Å². The second kappa shape index (κ2) is 7.96. The maximum absolute atomic E-state index is 14.3. The highest BCUT2D eigenvalue weighted by Crippen LogP contribution is 2.40. The molecule has 3 rings (SSSR count). The van der Waals surface area contributed by atoms with E-state index in [0.29, 0.717) is 5.02 Å². The predicted octanol–water partition coefficient (Wildman–Crippen LogP) is 4.67. The van der Waals surface area contributed by atoms with E-state index in [1.165, 1.54) is 37.3 Å². The SMILES string of the molecule is Cc1cc([C@H]2C=C(Oc3ccc(Cl)cc3)C(=O)O2)c(C(F)(F)CF)cc1S(C)(=O)=O. The molecule has 1 aliphatic rings. The molecule has 0 unspecified atom stereocenters. The van der Waals surface area contributed by atoms with Gasteiger partial charge in [0.25, 0.3) is 0 Å². The fourth-order valence-corrected chi connectivity index (χ4v) is 4.11. The average molecular weight is 461 g/mol. The van der Waals surface area contributed by atoms with Crippen molar-refractivity contribution in [3.63, 3.8) is 0 Å². The van der Waals surface area contributed by atoms with Crippen LogP contribution in [0.2, 0.25) is 5.02 Å². The topological polar surface area (TPSA) is 69.7 Å². The normalized spacial score (nSPS) is 16.9. The van der Waals surface area contributed by atoms with Gasteiger partial charge in [0.05, 0.1) is 4.90 Å². The van der Waals surface area contributed by atoms with Gasteiger partial charge in [-0.05, 0) is 42.8 Å². The Morgan fingerprint density at radius 3 is 2.40 bits per heavy atom. The monoisotopic (exact) mass is 460 g/mol. The minimum atomic E-state index is -3.98. The summed E-state index contributed by atoms with van der Waals surface area (Å²) in [6, 6.07) is 7.92. The minimum absolute atomic E-state index is 0.155. The summed E-state index contributed by atoms with van der Waals surface area (Å²) in [5.41, 5.74) is -0.953. The number of carbonyl (C=O) groups is 1. The van der Waals surface area contributed by atoms with E-state index in [2.05, 4.69) is 0 Å². The van der Waals surface area contributed by atoms with Crippen molar-refractivity contribution in [1.29, 1.82) is 0 Å². The van der Waals surface area contributed by atoms with Crippen LogP contribution in [0.15, 0.2) is 53.1 Å². The standard InChI is InChI=1S/C20H16ClF3O5S/c1-11-7-14(15(20(23,24)10-22)8-18(11)30(2,26)27)16-9-17(19(25)29-16)28-13-5-3-12(21)4-6-13/h3-9,16H,10H2,1-2H3/t16-/m1/s1. The van der Waals surface area contributed by atoms with Crippen LogP contribution in [0.3, 0.4) is 0 Å². The van der Waals surface area contributed by atoms with Crippen molar-refractivity contribution >= 4 is 27.4 Å². The van der Waals surface area contributed by atoms with Gasteiger partial charge in [-0.25, -0.2) is 17.6 Å². The van der Waals surface area contributed by atoms with Gasteiger partial charge in [-0.2, -0.15) is 8.78 Å². The first kappa shape index (κ1) is 22.2. The highest BCUT2D eigenvalue weighted by Gasteiger charge is 2.40. The average Bonchev–Trinajstić information content (AvgIpc) is 3.02. The molecule has 1 atom stereocenters. The largest absolute Gasteiger partial charge is 0.450 e. The molecular weight excluding hydrogens is 445 g/mol. The molecule has 5 nitrogen and oxygen atoms in total. The molecule has 0 N–H and O–H groups in total. The van der Waals surface area contributed by atoms with Crippen LogP contribution < -0.4 is 4.74 Å². The van der Waals surface area contributed by atoms with E-state index in [-0.39, 0.29) is 27.5 Å². The van der Waals surface area contributed by atoms with Crippen molar-refractivity contribution < 1.29 is 35.9 Å². The summed E-state index contributed by atoms with van der Waals surface area (Å²) in [5, 5.41) is 0.447. The number of alkyl halides is 3. The number of sulfone groups is 1. The molecular formula is C20H16ClF3O5S. The van der Waals surface area contributed by atoms with E-state index < -0.39 is 40.1 Å². The van der Waals surface area contributed by atoms with E-state index in [9.17, 15) is 26.4 Å². The number of hydrogen-bond acceptors (Lipinski definition) is 5. The second-order valence-electron chi connectivity index (χ2n) is 6.73. The molecule has 0 aliphatic carbocycles.